The first-order valence-electron chi connectivity index (χ1n) is 8.48. The summed E-state index contributed by atoms with van der Waals surface area (Å²) in [7, 11) is 0. The van der Waals surface area contributed by atoms with Crippen LogP contribution >= 0.6 is 0 Å². The minimum absolute atomic E-state index is 0.134. The minimum atomic E-state index is 0.134. The fourth-order valence-electron chi connectivity index (χ4n) is 2.38. The van der Waals surface area contributed by atoms with E-state index in [1.54, 1.807) is 0 Å². The van der Waals surface area contributed by atoms with E-state index in [2.05, 4.69) is 42.3 Å². The number of likely N-dealkylation sites (N-methyl/N-ethyl adjacent to an activating group) is 1. The molecular weight excluding hydrogens is 276 g/mol. The van der Waals surface area contributed by atoms with E-state index in [9.17, 15) is 5.11 Å². The van der Waals surface area contributed by atoms with Crippen LogP contribution in [0.3, 0.4) is 0 Å². The summed E-state index contributed by atoms with van der Waals surface area (Å²) in [6.07, 6.45) is 2.54. The lowest BCUT2D eigenvalue weighted by molar-refractivity contribution is 0.242. The fraction of sp³-hybridized carbons (Fsp3) is 0.667. The van der Waals surface area contributed by atoms with Gasteiger partial charge in [0.25, 0.3) is 0 Å². The van der Waals surface area contributed by atoms with E-state index in [1.165, 1.54) is 18.4 Å². The monoisotopic (exact) mass is 308 g/mol. The molecule has 0 saturated carbocycles. The van der Waals surface area contributed by atoms with Crippen LogP contribution in [0.4, 0.5) is 5.69 Å². The molecule has 4 nitrogen and oxygen atoms in total. The van der Waals surface area contributed by atoms with E-state index in [1.807, 2.05) is 13.8 Å². The molecule has 0 atom stereocenters. The van der Waals surface area contributed by atoms with Crippen LogP contribution in [-0.4, -0.2) is 37.5 Å². The first kappa shape index (κ1) is 18.8. The van der Waals surface area contributed by atoms with Crippen LogP contribution in [-0.2, 0) is 6.54 Å². The fourth-order valence-corrected chi connectivity index (χ4v) is 2.38. The highest BCUT2D eigenvalue weighted by atomic mass is 16.5. The first-order chi connectivity index (χ1) is 10.6. The van der Waals surface area contributed by atoms with Gasteiger partial charge in [0, 0.05) is 19.6 Å². The number of ether oxygens (including phenoxy) is 1. The van der Waals surface area contributed by atoms with Gasteiger partial charge in [-0.05, 0) is 51.4 Å². The maximum Gasteiger partial charge on any atom is 0.143 e. The number of unbranched alkanes of at least 4 members (excludes halogenated alkanes) is 1. The van der Waals surface area contributed by atoms with Gasteiger partial charge in [-0.1, -0.05) is 19.4 Å². The number of hydrogen-bond donors (Lipinski definition) is 2. The smallest absolute Gasteiger partial charge is 0.143 e. The van der Waals surface area contributed by atoms with Gasteiger partial charge in [-0.3, -0.25) is 0 Å². The third-order valence-corrected chi connectivity index (χ3v) is 3.52. The summed E-state index contributed by atoms with van der Waals surface area (Å²) in [6.45, 7) is 11.9. The lowest BCUT2D eigenvalue weighted by Crippen LogP contribution is -2.27. The molecule has 0 radical (unpaired) electrons. The number of benzene rings is 1. The Hall–Kier alpha value is -1.26. The molecule has 4 heteroatoms. The molecule has 22 heavy (non-hydrogen) atoms. The molecule has 126 valence electrons. The second-order valence-electron chi connectivity index (χ2n) is 5.80. The zero-order valence-corrected chi connectivity index (χ0v) is 14.6. The standard InChI is InChI=1S/C18H32N2O2/c1-5-7-10-19-14-16-8-9-17(20(6-2)11-12-21)18(13-16)22-15(3)4/h8-9,13,15,19,21H,5-7,10-12,14H2,1-4H3. The van der Waals surface area contributed by atoms with Crippen molar-refractivity contribution in [2.45, 2.75) is 53.2 Å². The Morgan fingerprint density at radius 1 is 1.27 bits per heavy atom. The van der Waals surface area contributed by atoms with E-state index in [0.717, 1.165) is 31.1 Å². The van der Waals surface area contributed by atoms with Crippen molar-refractivity contribution in [3.05, 3.63) is 23.8 Å². The highest BCUT2D eigenvalue weighted by molar-refractivity contribution is 5.60. The summed E-state index contributed by atoms with van der Waals surface area (Å²) in [4.78, 5) is 2.14. The summed E-state index contributed by atoms with van der Waals surface area (Å²) in [6, 6.07) is 6.36. The number of aliphatic hydroxyl groups excluding tert-OH is 1. The van der Waals surface area contributed by atoms with Crippen LogP contribution in [0.5, 0.6) is 5.75 Å². The first-order valence-corrected chi connectivity index (χ1v) is 8.48. The number of nitrogens with one attached hydrogen (secondary N) is 1. The highest BCUT2D eigenvalue weighted by Gasteiger charge is 2.12. The number of nitrogens with zero attached hydrogens (tertiary/aromatic N) is 1. The molecule has 0 unspecified atom stereocenters. The van der Waals surface area contributed by atoms with Crippen LogP contribution in [0, 0.1) is 0 Å². The van der Waals surface area contributed by atoms with E-state index in [-0.39, 0.29) is 12.7 Å². The van der Waals surface area contributed by atoms with Crippen LogP contribution in [0.15, 0.2) is 18.2 Å². The van der Waals surface area contributed by atoms with Crippen molar-refractivity contribution < 1.29 is 9.84 Å². The predicted octanol–water partition coefficient (Wildman–Crippen LogP) is 3.18. The van der Waals surface area contributed by atoms with Crippen LogP contribution < -0.4 is 15.0 Å². The summed E-state index contributed by atoms with van der Waals surface area (Å²) >= 11 is 0. The number of hydrogen-bond acceptors (Lipinski definition) is 4. The lowest BCUT2D eigenvalue weighted by atomic mass is 10.1. The van der Waals surface area contributed by atoms with Crippen molar-refractivity contribution in [3.8, 4) is 5.75 Å². The molecule has 0 aromatic heterocycles. The molecule has 0 bridgehead atoms. The van der Waals surface area contributed by atoms with Crippen LogP contribution in [0.2, 0.25) is 0 Å². The van der Waals surface area contributed by atoms with Crippen molar-refractivity contribution in [2.24, 2.45) is 0 Å². The Balaban J connectivity index is 2.87. The number of anilines is 1. The van der Waals surface area contributed by atoms with Gasteiger partial charge in [-0.15, -0.1) is 0 Å². The normalized spacial score (nSPS) is 11.0. The largest absolute Gasteiger partial charge is 0.489 e. The molecule has 2 N–H and O–H groups in total. The molecule has 0 aliphatic rings. The number of rotatable bonds is 11. The van der Waals surface area contributed by atoms with E-state index >= 15 is 0 Å². The van der Waals surface area contributed by atoms with E-state index < -0.39 is 0 Å². The molecular formula is C18H32N2O2. The molecule has 0 saturated heterocycles. The lowest BCUT2D eigenvalue weighted by Gasteiger charge is -2.26. The van der Waals surface area contributed by atoms with Gasteiger partial charge >= 0.3 is 0 Å². The highest BCUT2D eigenvalue weighted by Crippen LogP contribution is 2.30. The van der Waals surface area contributed by atoms with Gasteiger partial charge in [0.15, 0.2) is 0 Å². The zero-order valence-electron chi connectivity index (χ0n) is 14.6. The van der Waals surface area contributed by atoms with Crippen molar-refractivity contribution in [2.75, 3.05) is 31.1 Å². The molecule has 1 rings (SSSR count). The average Bonchev–Trinajstić information content (AvgIpc) is 2.49. The maximum absolute atomic E-state index is 9.23. The molecule has 1 aromatic rings. The second-order valence-corrected chi connectivity index (χ2v) is 5.80. The molecule has 0 aliphatic carbocycles. The van der Waals surface area contributed by atoms with E-state index in [4.69, 9.17) is 4.74 Å². The van der Waals surface area contributed by atoms with Crippen molar-refractivity contribution in [3.63, 3.8) is 0 Å². The Bertz CT molecular complexity index is 422. The van der Waals surface area contributed by atoms with Gasteiger partial charge in [0.05, 0.1) is 18.4 Å². The zero-order chi connectivity index (χ0) is 16.4. The maximum atomic E-state index is 9.23. The predicted molar refractivity (Wildman–Crippen MR) is 93.8 cm³/mol. The van der Waals surface area contributed by atoms with Crippen molar-refractivity contribution in [1.82, 2.24) is 5.32 Å². The van der Waals surface area contributed by atoms with Gasteiger partial charge in [0.2, 0.25) is 0 Å². The SMILES string of the molecule is CCCCNCc1ccc(N(CC)CCO)c(OC(C)C)c1. The van der Waals surface area contributed by atoms with E-state index in [0.29, 0.717) is 6.54 Å². The molecule has 0 heterocycles. The molecule has 0 fully saturated rings. The minimum Gasteiger partial charge on any atom is -0.489 e. The summed E-state index contributed by atoms with van der Waals surface area (Å²) in [5.41, 5.74) is 2.29. The summed E-state index contributed by atoms with van der Waals surface area (Å²) in [5.74, 6) is 0.903. The second kappa shape index (κ2) is 10.5. The third kappa shape index (κ3) is 6.24. The Kier molecular flexibility index (Phi) is 8.94. The quantitative estimate of drug-likeness (QED) is 0.616. The molecule has 0 spiro atoms. The van der Waals surface area contributed by atoms with Gasteiger partial charge in [0.1, 0.15) is 5.75 Å². The Morgan fingerprint density at radius 2 is 2.05 bits per heavy atom. The van der Waals surface area contributed by atoms with Gasteiger partial charge in [-0.25, -0.2) is 0 Å². The Morgan fingerprint density at radius 3 is 2.64 bits per heavy atom. The number of aliphatic hydroxyl groups is 1. The van der Waals surface area contributed by atoms with Crippen LogP contribution in [0.25, 0.3) is 0 Å². The Labute approximate surface area is 135 Å². The molecule has 0 aliphatic heterocycles. The summed E-state index contributed by atoms with van der Waals surface area (Å²) in [5, 5.41) is 12.7. The van der Waals surface area contributed by atoms with Crippen LogP contribution in [0.1, 0.15) is 46.1 Å². The molecule has 0 amide bonds. The van der Waals surface area contributed by atoms with Crippen molar-refractivity contribution in [1.29, 1.82) is 0 Å². The topological polar surface area (TPSA) is 44.7 Å². The van der Waals surface area contributed by atoms with Gasteiger partial charge < -0.3 is 20.1 Å². The summed E-state index contributed by atoms with van der Waals surface area (Å²) < 4.78 is 5.99. The average molecular weight is 308 g/mol. The van der Waals surface area contributed by atoms with Crippen molar-refractivity contribution >= 4 is 5.69 Å². The van der Waals surface area contributed by atoms with Gasteiger partial charge in [-0.2, -0.15) is 0 Å². The third-order valence-electron chi connectivity index (χ3n) is 3.52. The molecule has 1 aromatic carbocycles.